The van der Waals surface area contributed by atoms with Crippen LogP contribution in [0, 0.1) is 10.1 Å². The highest BCUT2D eigenvalue weighted by Gasteiger charge is 2.40. The first-order valence-electron chi connectivity index (χ1n) is 5.97. The molecule has 8 nitrogen and oxygen atoms in total. The molecule has 1 saturated heterocycles. The third-order valence-corrected chi connectivity index (χ3v) is 3.45. The number of nitro benzene ring substituents is 1. The molecule has 9 heteroatoms. The predicted molar refractivity (Wildman–Crippen MR) is 71.2 cm³/mol. The van der Waals surface area contributed by atoms with E-state index >= 15 is 0 Å². The van der Waals surface area contributed by atoms with Crippen molar-refractivity contribution in [2.45, 2.75) is 18.6 Å². The highest BCUT2D eigenvalue weighted by molar-refractivity contribution is 6.31. The molecular formula is C12H11ClN2O6. The van der Waals surface area contributed by atoms with Gasteiger partial charge in [-0.25, -0.2) is 4.79 Å². The Morgan fingerprint density at radius 1 is 1.43 bits per heavy atom. The summed E-state index contributed by atoms with van der Waals surface area (Å²) in [5.41, 5.74) is -0.761. The number of benzene rings is 1. The molecule has 21 heavy (non-hydrogen) atoms. The Labute approximate surface area is 123 Å². The van der Waals surface area contributed by atoms with Gasteiger partial charge in [-0.2, -0.15) is 0 Å². The van der Waals surface area contributed by atoms with E-state index in [1.807, 2.05) is 0 Å². The summed E-state index contributed by atoms with van der Waals surface area (Å²) in [7, 11) is 0. The summed E-state index contributed by atoms with van der Waals surface area (Å²) in [6, 6.07) is 2.25. The zero-order valence-corrected chi connectivity index (χ0v) is 11.4. The number of nitro groups is 1. The van der Waals surface area contributed by atoms with Gasteiger partial charge >= 0.3 is 5.97 Å². The van der Waals surface area contributed by atoms with E-state index in [0.717, 1.165) is 17.0 Å². The normalized spacial score (nSPS) is 21.3. The number of carboxylic acids is 1. The number of carbonyl (C=O) groups excluding carboxylic acids is 1. The molecule has 0 spiro atoms. The fourth-order valence-electron chi connectivity index (χ4n) is 2.27. The van der Waals surface area contributed by atoms with E-state index < -0.39 is 34.6 Å². The Hall–Kier alpha value is -2.19. The van der Waals surface area contributed by atoms with Crippen molar-refractivity contribution in [2.75, 3.05) is 6.54 Å². The Kier molecular flexibility index (Phi) is 4.10. The first-order chi connectivity index (χ1) is 9.81. The minimum absolute atomic E-state index is 0.116. The van der Waals surface area contributed by atoms with Gasteiger partial charge in [0.15, 0.2) is 0 Å². The third kappa shape index (κ3) is 2.96. The molecule has 1 aromatic rings. The minimum Gasteiger partial charge on any atom is -0.480 e. The van der Waals surface area contributed by atoms with Crippen molar-refractivity contribution in [3.63, 3.8) is 0 Å². The first kappa shape index (κ1) is 15.2. The molecule has 1 aliphatic rings. The second-order valence-corrected chi connectivity index (χ2v) is 5.06. The quantitative estimate of drug-likeness (QED) is 0.631. The fourth-order valence-corrected chi connectivity index (χ4v) is 2.44. The van der Waals surface area contributed by atoms with Crippen molar-refractivity contribution in [3.05, 3.63) is 38.9 Å². The van der Waals surface area contributed by atoms with Crippen molar-refractivity contribution in [3.8, 4) is 0 Å². The van der Waals surface area contributed by atoms with Gasteiger partial charge < -0.3 is 15.1 Å². The van der Waals surface area contributed by atoms with Crippen molar-refractivity contribution < 1.29 is 24.7 Å². The molecule has 0 aromatic heterocycles. The van der Waals surface area contributed by atoms with E-state index in [9.17, 15) is 24.8 Å². The number of hydrogen-bond acceptors (Lipinski definition) is 5. The molecule has 112 valence electrons. The lowest BCUT2D eigenvalue weighted by atomic mass is 10.1. The molecule has 0 aliphatic carbocycles. The number of aliphatic hydroxyl groups is 1. The average Bonchev–Trinajstić information content (AvgIpc) is 2.79. The topological polar surface area (TPSA) is 121 Å². The highest BCUT2D eigenvalue weighted by Crippen LogP contribution is 2.27. The fraction of sp³-hybridized carbons (Fsp3) is 0.333. The van der Waals surface area contributed by atoms with Gasteiger partial charge in [0.1, 0.15) is 11.6 Å². The van der Waals surface area contributed by atoms with Crippen LogP contribution in [-0.2, 0) is 4.79 Å². The third-order valence-electron chi connectivity index (χ3n) is 3.21. The molecule has 0 unspecified atom stereocenters. The number of carboxylic acid groups (broad SMARTS) is 1. The van der Waals surface area contributed by atoms with Crippen LogP contribution in [0.15, 0.2) is 18.2 Å². The monoisotopic (exact) mass is 314 g/mol. The summed E-state index contributed by atoms with van der Waals surface area (Å²) in [6.07, 6.45) is -1.09. The Bertz CT molecular complexity index is 620. The van der Waals surface area contributed by atoms with Gasteiger partial charge in [-0.1, -0.05) is 11.6 Å². The molecule has 0 radical (unpaired) electrons. The van der Waals surface area contributed by atoms with Crippen molar-refractivity contribution in [1.29, 1.82) is 0 Å². The summed E-state index contributed by atoms with van der Waals surface area (Å²) in [5.74, 6) is -2.11. The maximum atomic E-state index is 12.4. The van der Waals surface area contributed by atoms with Crippen molar-refractivity contribution in [1.82, 2.24) is 4.90 Å². The molecule has 1 heterocycles. The lowest BCUT2D eigenvalue weighted by molar-refractivity contribution is -0.385. The Morgan fingerprint density at radius 3 is 2.67 bits per heavy atom. The summed E-state index contributed by atoms with van der Waals surface area (Å²) in [4.78, 5) is 34.6. The van der Waals surface area contributed by atoms with Gasteiger partial charge in [-0.3, -0.25) is 14.9 Å². The lowest BCUT2D eigenvalue weighted by Crippen LogP contribution is -2.40. The van der Waals surface area contributed by atoms with Crippen molar-refractivity contribution >= 4 is 29.2 Å². The lowest BCUT2D eigenvalue weighted by Gasteiger charge is -2.21. The maximum absolute atomic E-state index is 12.4. The molecule has 1 amide bonds. The van der Waals surface area contributed by atoms with Crippen LogP contribution >= 0.6 is 11.6 Å². The van der Waals surface area contributed by atoms with Crippen LogP contribution in [0.5, 0.6) is 0 Å². The smallest absolute Gasteiger partial charge is 0.326 e. The Morgan fingerprint density at radius 2 is 2.10 bits per heavy atom. The van der Waals surface area contributed by atoms with Gasteiger partial charge in [0.05, 0.1) is 11.0 Å². The van der Waals surface area contributed by atoms with E-state index in [-0.39, 0.29) is 23.6 Å². The Balaban J connectivity index is 2.42. The van der Waals surface area contributed by atoms with Gasteiger partial charge in [0.2, 0.25) is 0 Å². The predicted octanol–water partition coefficient (Wildman–Crippen LogP) is 0.908. The molecule has 2 atom stereocenters. The maximum Gasteiger partial charge on any atom is 0.326 e. The van der Waals surface area contributed by atoms with E-state index in [4.69, 9.17) is 16.7 Å². The van der Waals surface area contributed by atoms with Gasteiger partial charge in [0, 0.05) is 24.1 Å². The number of amides is 1. The first-order valence-corrected chi connectivity index (χ1v) is 6.35. The second kappa shape index (κ2) is 5.66. The average molecular weight is 315 g/mol. The van der Waals surface area contributed by atoms with Crippen LogP contribution in [-0.4, -0.2) is 50.6 Å². The molecular weight excluding hydrogens is 304 g/mol. The van der Waals surface area contributed by atoms with Gasteiger partial charge in [0.25, 0.3) is 11.6 Å². The number of likely N-dealkylation sites (tertiary alicyclic amines) is 1. The zero-order valence-electron chi connectivity index (χ0n) is 10.6. The number of nitrogens with zero attached hydrogens (tertiary/aromatic N) is 2. The van der Waals surface area contributed by atoms with Gasteiger partial charge in [-0.15, -0.1) is 0 Å². The number of β-amino-alcohol motifs (C(OH)–C–C–N with tert-alkyl or cyclic N) is 1. The number of aliphatic hydroxyl groups excluding tert-OH is 1. The molecule has 0 bridgehead atoms. The molecule has 1 aliphatic heterocycles. The summed E-state index contributed by atoms with van der Waals surface area (Å²) in [6.45, 7) is -0.195. The number of rotatable bonds is 3. The second-order valence-electron chi connectivity index (χ2n) is 4.62. The van der Waals surface area contributed by atoms with Crippen LogP contribution in [0.4, 0.5) is 5.69 Å². The molecule has 1 aromatic carbocycles. The number of hydrogen-bond donors (Lipinski definition) is 2. The molecule has 2 N–H and O–H groups in total. The minimum atomic E-state index is -1.27. The van der Waals surface area contributed by atoms with Crippen LogP contribution in [0.2, 0.25) is 5.02 Å². The van der Waals surface area contributed by atoms with Crippen LogP contribution in [0.25, 0.3) is 0 Å². The van der Waals surface area contributed by atoms with E-state index in [1.54, 1.807) is 0 Å². The van der Waals surface area contributed by atoms with E-state index in [1.165, 1.54) is 6.07 Å². The van der Waals surface area contributed by atoms with Gasteiger partial charge in [-0.05, 0) is 12.1 Å². The summed E-state index contributed by atoms with van der Waals surface area (Å²) < 4.78 is 0. The van der Waals surface area contributed by atoms with Crippen LogP contribution < -0.4 is 0 Å². The van der Waals surface area contributed by atoms with Crippen LogP contribution in [0.3, 0.4) is 0 Å². The molecule has 0 saturated carbocycles. The van der Waals surface area contributed by atoms with E-state index in [2.05, 4.69) is 0 Å². The number of aliphatic carboxylic acids is 1. The highest BCUT2D eigenvalue weighted by atomic mass is 35.5. The summed E-state index contributed by atoms with van der Waals surface area (Å²) in [5, 5.41) is 29.7. The SMILES string of the molecule is O=C(O)[C@@H]1C[C@H](O)CN1C(=O)c1cc(Cl)ccc1[N+](=O)[O-]. The van der Waals surface area contributed by atoms with E-state index in [0.29, 0.717) is 0 Å². The number of carbonyl (C=O) groups is 2. The molecule has 1 fully saturated rings. The zero-order chi connectivity index (χ0) is 15.7. The van der Waals surface area contributed by atoms with Crippen molar-refractivity contribution in [2.24, 2.45) is 0 Å². The summed E-state index contributed by atoms with van der Waals surface area (Å²) >= 11 is 5.74. The molecule has 2 rings (SSSR count). The number of halogens is 1. The van der Waals surface area contributed by atoms with Crippen LogP contribution in [0.1, 0.15) is 16.8 Å². The largest absolute Gasteiger partial charge is 0.480 e. The standard InChI is InChI=1S/C12H11ClN2O6/c13-6-1-2-9(15(20)21)8(3-6)11(17)14-5-7(16)4-10(14)12(18)19/h1-3,7,10,16H,4-5H2,(H,18,19)/t7-,10-/m0/s1.